The molecule has 0 aromatic carbocycles. The molecule has 3 fully saturated rings. The van der Waals surface area contributed by atoms with Crippen molar-refractivity contribution in [3.63, 3.8) is 0 Å². The van der Waals surface area contributed by atoms with Crippen molar-refractivity contribution in [3.05, 3.63) is 0 Å². The molecule has 0 bridgehead atoms. The van der Waals surface area contributed by atoms with Gasteiger partial charge in [-0.15, -0.1) is 0 Å². The summed E-state index contributed by atoms with van der Waals surface area (Å²) in [5, 5.41) is 3.68. The van der Waals surface area contributed by atoms with Crippen LogP contribution in [0.4, 0.5) is 0 Å². The van der Waals surface area contributed by atoms with E-state index >= 15 is 0 Å². The average molecular weight is 286 g/mol. The minimum Gasteiger partial charge on any atom is -0.329 e. The zero-order valence-corrected chi connectivity index (χ0v) is 12.4. The van der Waals surface area contributed by atoms with Crippen LogP contribution in [-0.4, -0.2) is 38.6 Å². The summed E-state index contributed by atoms with van der Waals surface area (Å²) < 4.78 is 23.1. The number of hydrogen-bond acceptors (Lipinski definition) is 4. The topological polar surface area (TPSA) is 72.2 Å². The van der Waals surface area contributed by atoms with Crippen LogP contribution < -0.4 is 11.1 Å². The molecule has 5 heteroatoms. The van der Waals surface area contributed by atoms with Crippen molar-refractivity contribution in [1.29, 1.82) is 0 Å². The molecule has 3 aliphatic rings. The molecule has 3 rings (SSSR count). The standard InChI is InChI=1S/C14H26N2O2S/c15-10-14(5-7-19(17,18)8-6-14)16-9-13(11-1-2-11)12-3-4-12/h11-13,16H,1-10,15H2. The highest BCUT2D eigenvalue weighted by atomic mass is 32.2. The van der Waals surface area contributed by atoms with Crippen LogP contribution in [0.15, 0.2) is 0 Å². The first-order valence-corrected chi connectivity index (χ1v) is 9.51. The third kappa shape index (κ3) is 3.31. The van der Waals surface area contributed by atoms with Crippen LogP contribution in [0.2, 0.25) is 0 Å². The fourth-order valence-corrected chi connectivity index (χ4v) is 5.09. The molecule has 0 unspecified atom stereocenters. The van der Waals surface area contributed by atoms with E-state index in [9.17, 15) is 8.42 Å². The molecule has 2 saturated carbocycles. The molecule has 3 N–H and O–H groups in total. The lowest BCUT2D eigenvalue weighted by Gasteiger charge is -2.38. The Morgan fingerprint density at radius 1 is 1.11 bits per heavy atom. The second-order valence-corrected chi connectivity index (χ2v) is 9.16. The number of nitrogens with one attached hydrogen (secondary N) is 1. The highest BCUT2D eigenvalue weighted by Crippen LogP contribution is 2.49. The highest BCUT2D eigenvalue weighted by Gasteiger charge is 2.43. The molecular formula is C14H26N2O2S. The van der Waals surface area contributed by atoms with Crippen molar-refractivity contribution in [2.75, 3.05) is 24.6 Å². The Morgan fingerprint density at radius 3 is 2.05 bits per heavy atom. The van der Waals surface area contributed by atoms with Crippen LogP contribution in [0.25, 0.3) is 0 Å². The maximum Gasteiger partial charge on any atom is 0.150 e. The Balaban J connectivity index is 1.57. The summed E-state index contributed by atoms with van der Waals surface area (Å²) in [5.41, 5.74) is 5.82. The van der Waals surface area contributed by atoms with Gasteiger partial charge in [0.2, 0.25) is 0 Å². The first-order chi connectivity index (χ1) is 9.04. The summed E-state index contributed by atoms with van der Waals surface area (Å²) in [6.45, 7) is 1.61. The van der Waals surface area contributed by atoms with Crippen molar-refractivity contribution in [2.45, 2.75) is 44.1 Å². The molecule has 0 aromatic heterocycles. The second-order valence-electron chi connectivity index (χ2n) is 6.86. The first kappa shape index (κ1) is 13.8. The lowest BCUT2D eigenvalue weighted by atomic mass is 9.90. The van der Waals surface area contributed by atoms with Crippen LogP contribution in [0.5, 0.6) is 0 Å². The van der Waals surface area contributed by atoms with Crippen LogP contribution in [0.1, 0.15) is 38.5 Å². The molecule has 1 heterocycles. The molecule has 4 nitrogen and oxygen atoms in total. The van der Waals surface area contributed by atoms with Gasteiger partial charge in [0.15, 0.2) is 0 Å². The molecule has 0 atom stereocenters. The molecule has 0 radical (unpaired) electrons. The van der Waals surface area contributed by atoms with Crippen molar-refractivity contribution in [2.24, 2.45) is 23.5 Å². The van der Waals surface area contributed by atoms with E-state index in [1.807, 2.05) is 0 Å². The van der Waals surface area contributed by atoms with Gasteiger partial charge in [-0.25, -0.2) is 8.42 Å². The third-order valence-corrected chi connectivity index (χ3v) is 6.99. The van der Waals surface area contributed by atoms with Gasteiger partial charge in [0, 0.05) is 12.1 Å². The molecule has 1 aliphatic heterocycles. The molecule has 1 saturated heterocycles. The van der Waals surface area contributed by atoms with Gasteiger partial charge in [0.25, 0.3) is 0 Å². The molecular weight excluding hydrogens is 260 g/mol. The van der Waals surface area contributed by atoms with Gasteiger partial charge in [-0.1, -0.05) is 0 Å². The van der Waals surface area contributed by atoms with E-state index in [2.05, 4.69) is 5.32 Å². The Hall–Kier alpha value is -0.130. The van der Waals surface area contributed by atoms with E-state index < -0.39 is 9.84 Å². The van der Waals surface area contributed by atoms with E-state index in [-0.39, 0.29) is 5.54 Å². The summed E-state index contributed by atoms with van der Waals surface area (Å²) >= 11 is 0. The number of sulfone groups is 1. The van der Waals surface area contributed by atoms with Gasteiger partial charge >= 0.3 is 0 Å². The molecule has 0 aromatic rings. The first-order valence-electron chi connectivity index (χ1n) is 7.69. The monoisotopic (exact) mass is 286 g/mol. The van der Waals surface area contributed by atoms with Crippen LogP contribution >= 0.6 is 0 Å². The van der Waals surface area contributed by atoms with E-state index in [4.69, 9.17) is 5.73 Å². The zero-order chi connectivity index (χ0) is 13.5. The number of rotatable bonds is 6. The maximum atomic E-state index is 11.6. The summed E-state index contributed by atoms with van der Waals surface area (Å²) in [4.78, 5) is 0. The normalized spacial score (nSPS) is 29.6. The van der Waals surface area contributed by atoms with Crippen LogP contribution in [0.3, 0.4) is 0 Å². The SMILES string of the molecule is NCC1(NCC(C2CC2)C2CC2)CCS(=O)(=O)CC1. The van der Waals surface area contributed by atoms with Gasteiger partial charge in [-0.2, -0.15) is 0 Å². The lowest BCUT2D eigenvalue weighted by Crippen LogP contribution is -2.57. The van der Waals surface area contributed by atoms with Crippen molar-refractivity contribution in [1.82, 2.24) is 5.32 Å². The van der Waals surface area contributed by atoms with Gasteiger partial charge in [-0.05, 0) is 62.8 Å². The Kier molecular flexibility index (Phi) is 3.65. The van der Waals surface area contributed by atoms with Crippen molar-refractivity contribution < 1.29 is 8.42 Å². The van der Waals surface area contributed by atoms with Crippen LogP contribution in [-0.2, 0) is 9.84 Å². The van der Waals surface area contributed by atoms with E-state index in [0.29, 0.717) is 30.9 Å². The summed E-state index contributed by atoms with van der Waals surface area (Å²) in [6, 6.07) is 0. The molecule has 0 spiro atoms. The van der Waals surface area contributed by atoms with Gasteiger partial charge < -0.3 is 11.1 Å². The van der Waals surface area contributed by atoms with E-state index in [0.717, 1.165) is 24.3 Å². The molecule has 110 valence electrons. The quantitative estimate of drug-likeness (QED) is 0.761. The predicted molar refractivity (Wildman–Crippen MR) is 76.6 cm³/mol. The largest absolute Gasteiger partial charge is 0.329 e. The van der Waals surface area contributed by atoms with E-state index in [1.165, 1.54) is 25.7 Å². The molecule has 19 heavy (non-hydrogen) atoms. The van der Waals surface area contributed by atoms with Gasteiger partial charge in [-0.3, -0.25) is 0 Å². The van der Waals surface area contributed by atoms with Gasteiger partial charge in [0.1, 0.15) is 9.84 Å². The third-order valence-electron chi connectivity index (χ3n) is 5.34. The second kappa shape index (κ2) is 5.01. The molecule has 2 aliphatic carbocycles. The van der Waals surface area contributed by atoms with E-state index in [1.54, 1.807) is 0 Å². The summed E-state index contributed by atoms with van der Waals surface area (Å²) in [7, 11) is -2.81. The Labute approximate surface area is 116 Å². The predicted octanol–water partition coefficient (Wildman–Crippen LogP) is 0.918. The summed E-state index contributed by atoms with van der Waals surface area (Å²) in [5.74, 6) is 3.29. The van der Waals surface area contributed by atoms with Crippen molar-refractivity contribution >= 4 is 9.84 Å². The number of hydrogen-bond donors (Lipinski definition) is 2. The Morgan fingerprint density at radius 2 is 1.63 bits per heavy atom. The number of nitrogens with two attached hydrogens (primary N) is 1. The lowest BCUT2D eigenvalue weighted by molar-refractivity contribution is 0.259. The smallest absolute Gasteiger partial charge is 0.150 e. The fraction of sp³-hybridized carbons (Fsp3) is 1.00. The molecule has 0 amide bonds. The van der Waals surface area contributed by atoms with Crippen LogP contribution in [0, 0.1) is 17.8 Å². The minimum absolute atomic E-state index is 0.118. The highest BCUT2D eigenvalue weighted by molar-refractivity contribution is 7.91. The average Bonchev–Trinajstić information content (AvgIpc) is 3.26. The maximum absolute atomic E-state index is 11.6. The summed E-state index contributed by atoms with van der Waals surface area (Å²) in [6.07, 6.45) is 6.96. The van der Waals surface area contributed by atoms with Crippen molar-refractivity contribution in [3.8, 4) is 0 Å². The Bertz CT molecular complexity index is 401. The zero-order valence-electron chi connectivity index (χ0n) is 11.6. The fourth-order valence-electron chi connectivity index (χ4n) is 3.48. The van der Waals surface area contributed by atoms with Gasteiger partial charge in [0.05, 0.1) is 11.5 Å². The minimum atomic E-state index is -2.81.